The molecule has 19 heavy (non-hydrogen) atoms. The molecule has 112 valence electrons. The predicted octanol–water partition coefficient (Wildman–Crippen LogP) is 2.64. The van der Waals surface area contributed by atoms with Crippen LogP contribution in [0.25, 0.3) is 0 Å². The highest BCUT2D eigenvalue weighted by Gasteiger charge is 2.46. The molecule has 0 saturated carbocycles. The largest absolute Gasteiger partial charge is 0.378 e. The minimum Gasteiger partial charge on any atom is -0.378 e. The Morgan fingerprint density at radius 2 is 2.00 bits per heavy atom. The Labute approximate surface area is 118 Å². The molecule has 0 aromatic rings. The van der Waals surface area contributed by atoms with E-state index in [-0.39, 0.29) is 5.54 Å². The van der Waals surface area contributed by atoms with Gasteiger partial charge in [-0.2, -0.15) is 0 Å². The van der Waals surface area contributed by atoms with E-state index in [0.29, 0.717) is 12.0 Å². The van der Waals surface area contributed by atoms with E-state index in [4.69, 9.17) is 10.5 Å². The third kappa shape index (κ3) is 2.98. The summed E-state index contributed by atoms with van der Waals surface area (Å²) in [5.41, 5.74) is 6.44. The Kier molecular flexibility index (Phi) is 4.91. The van der Waals surface area contributed by atoms with E-state index in [2.05, 4.69) is 32.6 Å². The van der Waals surface area contributed by atoms with Gasteiger partial charge in [0.1, 0.15) is 0 Å². The van der Waals surface area contributed by atoms with E-state index >= 15 is 0 Å². The van der Waals surface area contributed by atoms with E-state index in [0.717, 1.165) is 38.0 Å². The van der Waals surface area contributed by atoms with Crippen molar-refractivity contribution < 1.29 is 4.74 Å². The van der Waals surface area contributed by atoms with E-state index in [1.807, 2.05) is 0 Å². The van der Waals surface area contributed by atoms with Crippen LogP contribution >= 0.6 is 0 Å². The van der Waals surface area contributed by atoms with Crippen molar-refractivity contribution in [1.29, 1.82) is 0 Å². The lowest BCUT2D eigenvalue weighted by Gasteiger charge is -2.50. The molecule has 3 heteroatoms. The number of hydrogen-bond donors (Lipinski definition) is 1. The first-order valence-electron chi connectivity index (χ1n) is 8.08. The first-order chi connectivity index (χ1) is 9.00. The summed E-state index contributed by atoms with van der Waals surface area (Å²) < 4.78 is 5.97. The van der Waals surface area contributed by atoms with Crippen LogP contribution in [-0.2, 0) is 4.74 Å². The molecule has 0 amide bonds. The minimum atomic E-state index is 0.193. The molecule has 2 fully saturated rings. The summed E-state index contributed by atoms with van der Waals surface area (Å²) in [6.45, 7) is 12.1. The zero-order valence-electron chi connectivity index (χ0n) is 13.2. The molecule has 3 nitrogen and oxygen atoms in total. The Bertz CT molecular complexity index is 292. The van der Waals surface area contributed by atoms with Gasteiger partial charge >= 0.3 is 0 Å². The topological polar surface area (TPSA) is 38.5 Å². The third-order valence-electron chi connectivity index (χ3n) is 5.28. The van der Waals surface area contributed by atoms with Gasteiger partial charge in [0.25, 0.3) is 0 Å². The van der Waals surface area contributed by atoms with E-state index in [1.165, 1.54) is 19.4 Å². The molecule has 2 N–H and O–H groups in total. The van der Waals surface area contributed by atoms with Crippen LogP contribution in [0.5, 0.6) is 0 Å². The zero-order chi connectivity index (χ0) is 14.0. The summed E-state index contributed by atoms with van der Waals surface area (Å²) in [4.78, 5) is 2.75. The summed E-state index contributed by atoms with van der Waals surface area (Å²) in [6, 6.07) is 0.717. The van der Waals surface area contributed by atoms with Gasteiger partial charge < -0.3 is 10.5 Å². The molecule has 0 radical (unpaired) electrons. The van der Waals surface area contributed by atoms with E-state index in [1.54, 1.807) is 0 Å². The van der Waals surface area contributed by atoms with Crippen LogP contribution < -0.4 is 5.73 Å². The smallest absolute Gasteiger partial charge is 0.0616 e. The number of likely N-dealkylation sites (tertiary alicyclic amines) is 1. The van der Waals surface area contributed by atoms with Crippen LogP contribution in [-0.4, -0.2) is 42.3 Å². The van der Waals surface area contributed by atoms with Crippen LogP contribution in [0.15, 0.2) is 0 Å². The number of ether oxygens (including phenoxy) is 1. The maximum absolute atomic E-state index is 6.25. The zero-order valence-corrected chi connectivity index (χ0v) is 13.2. The van der Waals surface area contributed by atoms with Crippen molar-refractivity contribution in [3.63, 3.8) is 0 Å². The summed E-state index contributed by atoms with van der Waals surface area (Å²) in [5.74, 6) is 1.32. The van der Waals surface area contributed by atoms with Crippen molar-refractivity contribution in [2.24, 2.45) is 17.6 Å². The van der Waals surface area contributed by atoms with Crippen molar-refractivity contribution in [1.82, 2.24) is 4.90 Å². The normalized spacial score (nSPS) is 37.4. The van der Waals surface area contributed by atoms with Gasteiger partial charge in [0, 0.05) is 24.7 Å². The van der Waals surface area contributed by atoms with Crippen molar-refractivity contribution in [3.8, 4) is 0 Å². The lowest BCUT2D eigenvalue weighted by Crippen LogP contribution is -2.61. The fourth-order valence-electron chi connectivity index (χ4n) is 4.00. The van der Waals surface area contributed by atoms with Gasteiger partial charge in [-0.05, 0) is 44.1 Å². The predicted molar refractivity (Wildman–Crippen MR) is 80.2 cm³/mol. The summed E-state index contributed by atoms with van der Waals surface area (Å²) in [5, 5.41) is 0. The van der Waals surface area contributed by atoms with Gasteiger partial charge in [0.05, 0.1) is 6.10 Å². The maximum atomic E-state index is 6.25. The molecule has 2 aliphatic heterocycles. The van der Waals surface area contributed by atoms with Gasteiger partial charge in [-0.3, -0.25) is 4.90 Å². The first-order valence-corrected chi connectivity index (χ1v) is 8.08. The Hall–Kier alpha value is -0.120. The first kappa shape index (κ1) is 15.3. The van der Waals surface area contributed by atoms with Crippen LogP contribution in [0.4, 0.5) is 0 Å². The monoisotopic (exact) mass is 268 g/mol. The highest BCUT2D eigenvalue weighted by Crippen LogP contribution is 2.39. The van der Waals surface area contributed by atoms with Crippen LogP contribution in [0.3, 0.4) is 0 Å². The van der Waals surface area contributed by atoms with Crippen LogP contribution in [0, 0.1) is 11.8 Å². The van der Waals surface area contributed by atoms with Crippen LogP contribution in [0.1, 0.15) is 53.4 Å². The number of nitrogens with two attached hydrogens (primary N) is 1. The minimum absolute atomic E-state index is 0.193. The highest BCUT2D eigenvalue weighted by atomic mass is 16.5. The van der Waals surface area contributed by atoms with Gasteiger partial charge in [-0.25, -0.2) is 0 Å². The maximum Gasteiger partial charge on any atom is 0.0616 e. The summed E-state index contributed by atoms with van der Waals surface area (Å²) >= 11 is 0. The van der Waals surface area contributed by atoms with Crippen molar-refractivity contribution in [3.05, 3.63) is 0 Å². The molecule has 0 aromatic carbocycles. The van der Waals surface area contributed by atoms with Crippen molar-refractivity contribution >= 4 is 0 Å². The van der Waals surface area contributed by atoms with Gasteiger partial charge in [0.15, 0.2) is 0 Å². The highest BCUT2D eigenvalue weighted by molar-refractivity contribution is 5.01. The second-order valence-electron chi connectivity index (χ2n) is 7.18. The Balaban J connectivity index is 2.17. The van der Waals surface area contributed by atoms with Gasteiger partial charge in [-0.15, -0.1) is 0 Å². The molecule has 2 saturated heterocycles. The molecule has 2 aliphatic rings. The average Bonchev–Trinajstić information content (AvgIpc) is 2.88. The Morgan fingerprint density at radius 1 is 1.26 bits per heavy atom. The second-order valence-corrected chi connectivity index (χ2v) is 7.18. The number of hydrogen-bond acceptors (Lipinski definition) is 3. The summed E-state index contributed by atoms with van der Waals surface area (Å²) in [7, 11) is 0. The third-order valence-corrected chi connectivity index (χ3v) is 5.28. The molecule has 0 spiro atoms. The van der Waals surface area contributed by atoms with Crippen LogP contribution in [0.2, 0.25) is 0 Å². The summed E-state index contributed by atoms with van der Waals surface area (Å²) in [6.07, 6.45) is 5.27. The second kappa shape index (κ2) is 6.11. The number of nitrogens with zero attached hydrogens (tertiary/aromatic N) is 1. The van der Waals surface area contributed by atoms with E-state index in [9.17, 15) is 0 Å². The molecule has 3 unspecified atom stereocenters. The SMILES string of the molecule is CC(C)C1CC(CN)(N2CCCC2C(C)C)CCO1. The molecule has 0 aromatic heterocycles. The van der Waals surface area contributed by atoms with E-state index < -0.39 is 0 Å². The van der Waals surface area contributed by atoms with Crippen molar-refractivity contribution in [2.75, 3.05) is 19.7 Å². The fraction of sp³-hybridized carbons (Fsp3) is 1.00. The molecule has 2 rings (SSSR count). The molecule has 0 bridgehead atoms. The molecular formula is C16H32N2O. The fourth-order valence-corrected chi connectivity index (χ4v) is 4.00. The van der Waals surface area contributed by atoms with Crippen molar-refractivity contribution in [2.45, 2.75) is 71.1 Å². The lowest BCUT2D eigenvalue weighted by atomic mass is 9.80. The Morgan fingerprint density at radius 3 is 2.58 bits per heavy atom. The lowest BCUT2D eigenvalue weighted by molar-refractivity contribution is -0.0944. The standard InChI is InChI=1S/C16H32N2O/c1-12(2)14-6-5-8-18(14)16(11-17)7-9-19-15(10-16)13(3)4/h12-15H,5-11,17H2,1-4H3. The molecule has 3 atom stereocenters. The molecule has 0 aliphatic carbocycles. The quantitative estimate of drug-likeness (QED) is 0.852. The molecule has 2 heterocycles. The molecular weight excluding hydrogens is 236 g/mol. The van der Waals surface area contributed by atoms with Gasteiger partial charge in [-0.1, -0.05) is 27.7 Å². The van der Waals surface area contributed by atoms with Gasteiger partial charge in [0.2, 0.25) is 0 Å². The average molecular weight is 268 g/mol. The number of rotatable bonds is 4.